The molecule has 0 bridgehead atoms. The minimum atomic E-state index is -0.225. The topological polar surface area (TPSA) is 64.4 Å². The fourth-order valence-corrected chi connectivity index (χ4v) is 3.42. The molecule has 3 aromatic rings. The summed E-state index contributed by atoms with van der Waals surface area (Å²) >= 11 is 0. The summed E-state index contributed by atoms with van der Waals surface area (Å²) in [6, 6.07) is 18.4. The Bertz CT molecular complexity index is 1060. The van der Waals surface area contributed by atoms with Crippen LogP contribution in [0.1, 0.15) is 27.2 Å². The third kappa shape index (κ3) is 3.67. The van der Waals surface area contributed by atoms with Crippen molar-refractivity contribution in [3.05, 3.63) is 93.4 Å². The first kappa shape index (κ1) is 18.0. The van der Waals surface area contributed by atoms with Gasteiger partial charge < -0.3 is 9.64 Å². The van der Waals surface area contributed by atoms with E-state index in [4.69, 9.17) is 4.74 Å². The molecule has 2 heterocycles. The second kappa shape index (κ2) is 7.68. The number of fused-ring (bicyclic) bond motifs is 1. The van der Waals surface area contributed by atoms with E-state index in [-0.39, 0.29) is 17.2 Å². The lowest BCUT2D eigenvalue weighted by molar-refractivity contribution is 0.0726. The molecular weight excluding hydrogens is 354 g/mol. The Hall–Kier alpha value is -3.41. The summed E-state index contributed by atoms with van der Waals surface area (Å²) in [6.07, 6.45) is 0.766. The molecule has 28 heavy (non-hydrogen) atoms. The Morgan fingerprint density at radius 1 is 1.07 bits per heavy atom. The zero-order valence-electron chi connectivity index (χ0n) is 15.7. The molecule has 0 atom stereocenters. The zero-order chi connectivity index (χ0) is 19.5. The molecule has 4 rings (SSSR count). The van der Waals surface area contributed by atoms with Crippen LogP contribution in [0.4, 0.5) is 0 Å². The van der Waals surface area contributed by atoms with Gasteiger partial charge in [0.2, 0.25) is 0 Å². The maximum absolute atomic E-state index is 13.0. The first-order valence-corrected chi connectivity index (χ1v) is 9.21. The summed E-state index contributed by atoms with van der Waals surface area (Å²) in [5.41, 5.74) is 3.33. The van der Waals surface area contributed by atoms with Crippen LogP contribution in [-0.4, -0.2) is 34.2 Å². The molecule has 0 aliphatic carbocycles. The van der Waals surface area contributed by atoms with Crippen LogP contribution < -0.4 is 10.3 Å². The highest BCUT2D eigenvalue weighted by Crippen LogP contribution is 2.24. The van der Waals surface area contributed by atoms with Crippen molar-refractivity contribution in [2.75, 3.05) is 13.7 Å². The van der Waals surface area contributed by atoms with Gasteiger partial charge in [-0.2, -0.15) is 5.10 Å². The standard InChI is InChI=1S/C22H21N3O3/c1-28-19-8-7-18-15-24(12-11-17(18)13-19)22(27)20-9-10-21(26)25(23-20)14-16-5-3-2-4-6-16/h2-10,13H,11-12,14-15H2,1H3. The predicted molar refractivity (Wildman–Crippen MR) is 105 cm³/mol. The molecule has 142 valence electrons. The predicted octanol–water partition coefficient (Wildman–Crippen LogP) is 2.50. The van der Waals surface area contributed by atoms with Crippen LogP contribution in [0.5, 0.6) is 5.75 Å². The molecule has 0 saturated carbocycles. The van der Waals surface area contributed by atoms with Crippen LogP contribution in [0, 0.1) is 0 Å². The highest BCUT2D eigenvalue weighted by atomic mass is 16.5. The Labute approximate surface area is 163 Å². The largest absolute Gasteiger partial charge is 0.497 e. The van der Waals surface area contributed by atoms with Gasteiger partial charge in [0.15, 0.2) is 0 Å². The summed E-state index contributed by atoms with van der Waals surface area (Å²) < 4.78 is 6.61. The van der Waals surface area contributed by atoms with E-state index in [1.165, 1.54) is 22.4 Å². The van der Waals surface area contributed by atoms with Crippen molar-refractivity contribution >= 4 is 5.91 Å². The van der Waals surface area contributed by atoms with Crippen LogP contribution >= 0.6 is 0 Å². The Morgan fingerprint density at radius 3 is 2.68 bits per heavy atom. The smallest absolute Gasteiger partial charge is 0.274 e. The molecule has 0 radical (unpaired) electrons. The number of amides is 1. The molecular formula is C22H21N3O3. The molecule has 1 aliphatic heterocycles. The molecule has 1 aromatic heterocycles. The first-order chi connectivity index (χ1) is 13.6. The van der Waals surface area contributed by atoms with E-state index < -0.39 is 0 Å². The van der Waals surface area contributed by atoms with Crippen LogP contribution in [-0.2, 0) is 19.5 Å². The highest BCUT2D eigenvalue weighted by molar-refractivity contribution is 5.92. The van der Waals surface area contributed by atoms with E-state index >= 15 is 0 Å². The number of hydrogen-bond acceptors (Lipinski definition) is 4. The Balaban J connectivity index is 1.55. The maximum atomic E-state index is 13.0. The normalized spacial score (nSPS) is 13.1. The number of carbonyl (C=O) groups is 1. The zero-order valence-corrected chi connectivity index (χ0v) is 15.7. The average Bonchev–Trinajstić information content (AvgIpc) is 2.74. The second-order valence-electron chi connectivity index (χ2n) is 6.81. The number of hydrogen-bond donors (Lipinski definition) is 0. The average molecular weight is 375 g/mol. The van der Waals surface area contributed by atoms with E-state index in [9.17, 15) is 9.59 Å². The first-order valence-electron chi connectivity index (χ1n) is 9.21. The van der Waals surface area contributed by atoms with E-state index in [0.717, 1.165) is 23.3 Å². The van der Waals surface area contributed by atoms with Gasteiger partial charge in [0, 0.05) is 19.2 Å². The number of rotatable bonds is 4. The van der Waals surface area contributed by atoms with Crippen LogP contribution in [0.25, 0.3) is 0 Å². The summed E-state index contributed by atoms with van der Waals surface area (Å²) in [7, 11) is 1.65. The van der Waals surface area contributed by atoms with Gasteiger partial charge in [-0.25, -0.2) is 4.68 Å². The van der Waals surface area contributed by atoms with E-state index in [1.54, 1.807) is 12.0 Å². The van der Waals surface area contributed by atoms with Crippen LogP contribution in [0.2, 0.25) is 0 Å². The fraction of sp³-hybridized carbons (Fsp3) is 0.227. The number of nitrogens with zero attached hydrogens (tertiary/aromatic N) is 3. The molecule has 0 spiro atoms. The van der Waals surface area contributed by atoms with Crippen molar-refractivity contribution < 1.29 is 9.53 Å². The van der Waals surface area contributed by atoms with E-state index in [0.29, 0.717) is 19.6 Å². The molecule has 2 aromatic carbocycles. The van der Waals surface area contributed by atoms with Crippen LogP contribution in [0.15, 0.2) is 65.5 Å². The third-order valence-electron chi connectivity index (χ3n) is 4.97. The lowest BCUT2D eigenvalue weighted by atomic mass is 9.99. The summed E-state index contributed by atoms with van der Waals surface area (Å²) in [6.45, 7) is 1.47. The summed E-state index contributed by atoms with van der Waals surface area (Å²) in [5.74, 6) is 0.663. The minimum Gasteiger partial charge on any atom is -0.497 e. The molecule has 1 aliphatic rings. The lowest BCUT2D eigenvalue weighted by Gasteiger charge is -2.29. The van der Waals surface area contributed by atoms with Gasteiger partial charge >= 0.3 is 0 Å². The SMILES string of the molecule is COc1ccc2c(c1)CCN(C(=O)c1ccc(=O)n(Cc3ccccc3)n1)C2. The third-order valence-corrected chi connectivity index (χ3v) is 4.97. The lowest BCUT2D eigenvalue weighted by Crippen LogP contribution is -2.37. The fourth-order valence-electron chi connectivity index (χ4n) is 3.42. The summed E-state index contributed by atoms with van der Waals surface area (Å²) in [4.78, 5) is 26.9. The molecule has 6 heteroatoms. The monoisotopic (exact) mass is 375 g/mol. The van der Waals surface area contributed by atoms with Crippen molar-refractivity contribution in [3.8, 4) is 5.75 Å². The van der Waals surface area contributed by atoms with Crippen molar-refractivity contribution in [2.45, 2.75) is 19.5 Å². The van der Waals surface area contributed by atoms with E-state index in [1.807, 2.05) is 48.5 Å². The quantitative estimate of drug-likeness (QED) is 0.703. The second-order valence-corrected chi connectivity index (χ2v) is 6.81. The Morgan fingerprint density at radius 2 is 1.89 bits per heavy atom. The summed E-state index contributed by atoms with van der Waals surface area (Å²) in [5, 5.41) is 4.32. The van der Waals surface area contributed by atoms with Crippen molar-refractivity contribution in [1.29, 1.82) is 0 Å². The molecule has 6 nitrogen and oxygen atoms in total. The Kier molecular flexibility index (Phi) is 4.93. The molecule has 0 fully saturated rings. The van der Waals surface area contributed by atoms with Gasteiger partial charge in [0.05, 0.1) is 13.7 Å². The number of aromatic nitrogens is 2. The number of ether oxygens (including phenoxy) is 1. The number of carbonyl (C=O) groups excluding carboxylic acids is 1. The van der Waals surface area contributed by atoms with Crippen molar-refractivity contribution in [2.24, 2.45) is 0 Å². The number of benzene rings is 2. The van der Waals surface area contributed by atoms with Gasteiger partial charge in [0.1, 0.15) is 11.4 Å². The van der Waals surface area contributed by atoms with Gasteiger partial charge in [-0.15, -0.1) is 0 Å². The van der Waals surface area contributed by atoms with Gasteiger partial charge in [-0.05, 0) is 41.3 Å². The molecule has 0 unspecified atom stereocenters. The maximum Gasteiger partial charge on any atom is 0.274 e. The molecule has 0 N–H and O–H groups in total. The number of methoxy groups -OCH3 is 1. The van der Waals surface area contributed by atoms with Crippen molar-refractivity contribution in [1.82, 2.24) is 14.7 Å². The minimum absolute atomic E-state index is 0.164. The highest BCUT2D eigenvalue weighted by Gasteiger charge is 2.23. The van der Waals surface area contributed by atoms with Gasteiger partial charge in [-0.1, -0.05) is 36.4 Å². The molecule has 1 amide bonds. The molecule has 0 saturated heterocycles. The van der Waals surface area contributed by atoms with Gasteiger partial charge in [-0.3, -0.25) is 9.59 Å². The van der Waals surface area contributed by atoms with Crippen LogP contribution in [0.3, 0.4) is 0 Å². The van der Waals surface area contributed by atoms with Crippen molar-refractivity contribution in [3.63, 3.8) is 0 Å². The van der Waals surface area contributed by atoms with Gasteiger partial charge in [0.25, 0.3) is 11.5 Å². The van der Waals surface area contributed by atoms with E-state index in [2.05, 4.69) is 5.10 Å².